The van der Waals surface area contributed by atoms with E-state index < -0.39 is 0 Å². The number of guanidine groups is 1. The van der Waals surface area contributed by atoms with Crippen molar-refractivity contribution in [3.05, 3.63) is 65.7 Å². The molecule has 3 N–H and O–H groups in total. The number of hydrogen-bond donors (Lipinski definition) is 3. The highest BCUT2D eigenvalue weighted by Gasteiger charge is 2.13. The van der Waals surface area contributed by atoms with Gasteiger partial charge in [0.1, 0.15) is 0 Å². The lowest BCUT2D eigenvalue weighted by atomic mass is 10.1. The van der Waals surface area contributed by atoms with E-state index in [9.17, 15) is 4.79 Å². The number of morpholine rings is 1. The van der Waals surface area contributed by atoms with Crippen LogP contribution in [0.25, 0.3) is 0 Å². The minimum atomic E-state index is -0.119. The number of anilines is 1. The van der Waals surface area contributed by atoms with E-state index in [4.69, 9.17) is 4.74 Å². The Labute approximate surface area is 195 Å². The molecule has 0 atom stereocenters. The molecule has 1 amide bonds. The van der Waals surface area contributed by atoms with Crippen LogP contribution in [-0.2, 0) is 22.6 Å². The molecule has 162 valence electrons. The van der Waals surface area contributed by atoms with Crippen molar-refractivity contribution < 1.29 is 9.53 Å². The Balaban J connectivity index is 0.00000320. The van der Waals surface area contributed by atoms with E-state index in [0.717, 1.165) is 38.5 Å². The molecule has 1 aliphatic heterocycles. The molecule has 0 spiro atoms. The zero-order valence-electron chi connectivity index (χ0n) is 17.3. The molecular formula is C22H30IN5O2. The second kappa shape index (κ2) is 13.2. The van der Waals surface area contributed by atoms with E-state index in [2.05, 4.69) is 44.0 Å². The lowest BCUT2D eigenvalue weighted by Crippen LogP contribution is -2.41. The first-order valence-electron chi connectivity index (χ1n) is 9.91. The number of amides is 1. The fourth-order valence-corrected chi connectivity index (χ4v) is 3.17. The average molecular weight is 523 g/mol. The Morgan fingerprint density at radius 3 is 2.37 bits per heavy atom. The van der Waals surface area contributed by atoms with Crippen molar-refractivity contribution in [1.29, 1.82) is 0 Å². The molecule has 2 aromatic carbocycles. The molecule has 0 unspecified atom stereocenters. The Kier molecular flexibility index (Phi) is 10.6. The molecule has 0 aliphatic carbocycles. The summed E-state index contributed by atoms with van der Waals surface area (Å²) in [4.78, 5) is 18.7. The molecule has 7 nitrogen and oxygen atoms in total. The minimum Gasteiger partial charge on any atom is -0.379 e. The van der Waals surface area contributed by atoms with E-state index in [1.165, 1.54) is 11.1 Å². The molecule has 8 heteroatoms. The van der Waals surface area contributed by atoms with Gasteiger partial charge in [-0.3, -0.25) is 14.7 Å². The zero-order valence-corrected chi connectivity index (χ0v) is 19.6. The van der Waals surface area contributed by atoms with Crippen LogP contribution >= 0.6 is 24.0 Å². The van der Waals surface area contributed by atoms with Crippen LogP contribution in [0.2, 0.25) is 0 Å². The summed E-state index contributed by atoms with van der Waals surface area (Å²) in [6.45, 7) is 5.20. The molecule has 3 rings (SSSR count). The van der Waals surface area contributed by atoms with Gasteiger partial charge in [-0.15, -0.1) is 24.0 Å². The number of halogens is 1. The smallest absolute Gasteiger partial charge is 0.243 e. The average Bonchev–Trinajstić information content (AvgIpc) is 2.76. The summed E-state index contributed by atoms with van der Waals surface area (Å²) in [5, 5.41) is 9.21. The summed E-state index contributed by atoms with van der Waals surface area (Å²) in [7, 11) is 1.70. The fraction of sp³-hybridized carbons (Fsp3) is 0.364. The maximum atomic E-state index is 12.1. The predicted octanol–water partition coefficient (Wildman–Crippen LogP) is 2.44. The van der Waals surface area contributed by atoms with Crippen LogP contribution in [0.4, 0.5) is 5.69 Å². The van der Waals surface area contributed by atoms with E-state index in [-0.39, 0.29) is 36.4 Å². The molecule has 1 saturated heterocycles. The van der Waals surface area contributed by atoms with E-state index in [1.807, 2.05) is 36.4 Å². The number of nitrogens with one attached hydrogen (secondary N) is 3. The maximum Gasteiger partial charge on any atom is 0.243 e. The lowest BCUT2D eigenvalue weighted by molar-refractivity contribution is -0.115. The van der Waals surface area contributed by atoms with Gasteiger partial charge < -0.3 is 20.7 Å². The Morgan fingerprint density at radius 1 is 1.00 bits per heavy atom. The number of ether oxygens (including phenoxy) is 1. The Bertz CT molecular complexity index is 810. The summed E-state index contributed by atoms with van der Waals surface area (Å²) in [5.41, 5.74) is 3.29. The molecule has 1 aliphatic rings. The van der Waals surface area contributed by atoms with Crippen LogP contribution < -0.4 is 16.0 Å². The summed E-state index contributed by atoms with van der Waals surface area (Å²) in [6, 6.07) is 17.8. The number of para-hydroxylation sites is 1. The summed E-state index contributed by atoms with van der Waals surface area (Å²) >= 11 is 0. The van der Waals surface area contributed by atoms with Gasteiger partial charge in [-0.25, -0.2) is 0 Å². The van der Waals surface area contributed by atoms with Crippen molar-refractivity contribution in [2.24, 2.45) is 4.99 Å². The third-order valence-electron chi connectivity index (χ3n) is 4.76. The molecule has 1 fully saturated rings. The standard InChI is InChI=1S/C22H29N5O2.HI/c1-23-22(25-16-21(28)26-20-9-3-2-4-10-20)24-15-18-7-5-6-8-19(18)17-27-11-13-29-14-12-27;/h2-10H,11-17H2,1H3,(H,26,28)(H2,23,24,25);1H. The number of benzene rings is 2. The van der Waals surface area contributed by atoms with Gasteiger partial charge in [-0.1, -0.05) is 42.5 Å². The van der Waals surface area contributed by atoms with Gasteiger partial charge in [0.25, 0.3) is 0 Å². The normalized spacial score (nSPS) is 14.5. The molecule has 0 aromatic heterocycles. The van der Waals surface area contributed by atoms with Gasteiger partial charge in [0.2, 0.25) is 5.91 Å². The van der Waals surface area contributed by atoms with Crippen molar-refractivity contribution in [2.45, 2.75) is 13.1 Å². The Morgan fingerprint density at radius 2 is 1.67 bits per heavy atom. The topological polar surface area (TPSA) is 78.0 Å². The van der Waals surface area contributed by atoms with E-state index in [1.54, 1.807) is 7.05 Å². The number of nitrogens with zero attached hydrogens (tertiary/aromatic N) is 2. The number of hydrogen-bond acceptors (Lipinski definition) is 4. The van der Waals surface area contributed by atoms with Gasteiger partial charge in [0.05, 0.1) is 19.8 Å². The first-order valence-corrected chi connectivity index (χ1v) is 9.91. The maximum absolute atomic E-state index is 12.1. The molecular weight excluding hydrogens is 493 g/mol. The van der Waals surface area contributed by atoms with Crippen LogP contribution in [-0.4, -0.2) is 56.7 Å². The summed E-state index contributed by atoms with van der Waals surface area (Å²) in [6.07, 6.45) is 0. The zero-order chi connectivity index (χ0) is 20.3. The van der Waals surface area contributed by atoms with Crippen LogP contribution in [0, 0.1) is 0 Å². The highest BCUT2D eigenvalue weighted by Crippen LogP contribution is 2.13. The molecule has 0 radical (unpaired) electrons. The van der Waals surface area contributed by atoms with Crippen molar-refractivity contribution in [2.75, 3.05) is 45.2 Å². The van der Waals surface area contributed by atoms with Crippen LogP contribution in [0.3, 0.4) is 0 Å². The minimum absolute atomic E-state index is 0. The van der Waals surface area contributed by atoms with Gasteiger partial charge in [0, 0.05) is 38.9 Å². The molecule has 0 saturated carbocycles. The third kappa shape index (κ3) is 7.92. The van der Waals surface area contributed by atoms with Crippen LogP contribution in [0.15, 0.2) is 59.6 Å². The highest BCUT2D eigenvalue weighted by molar-refractivity contribution is 14.0. The van der Waals surface area contributed by atoms with E-state index in [0.29, 0.717) is 12.5 Å². The second-order valence-electron chi connectivity index (χ2n) is 6.85. The largest absolute Gasteiger partial charge is 0.379 e. The van der Waals surface area contributed by atoms with Gasteiger partial charge in [-0.2, -0.15) is 0 Å². The monoisotopic (exact) mass is 523 g/mol. The molecule has 0 bridgehead atoms. The van der Waals surface area contributed by atoms with E-state index >= 15 is 0 Å². The van der Waals surface area contributed by atoms with Gasteiger partial charge in [0.15, 0.2) is 5.96 Å². The number of rotatable bonds is 7. The van der Waals surface area contributed by atoms with Crippen molar-refractivity contribution in [3.63, 3.8) is 0 Å². The highest BCUT2D eigenvalue weighted by atomic mass is 127. The number of carbonyl (C=O) groups is 1. The van der Waals surface area contributed by atoms with Crippen molar-refractivity contribution in [3.8, 4) is 0 Å². The first-order chi connectivity index (χ1) is 14.2. The van der Waals surface area contributed by atoms with Crippen molar-refractivity contribution in [1.82, 2.24) is 15.5 Å². The summed E-state index contributed by atoms with van der Waals surface area (Å²) < 4.78 is 5.43. The van der Waals surface area contributed by atoms with Gasteiger partial charge in [-0.05, 0) is 23.3 Å². The third-order valence-corrected chi connectivity index (χ3v) is 4.76. The first kappa shape index (κ1) is 24.1. The quantitative estimate of drug-likeness (QED) is 0.295. The molecule has 30 heavy (non-hydrogen) atoms. The van der Waals surface area contributed by atoms with Crippen LogP contribution in [0.5, 0.6) is 0 Å². The lowest BCUT2D eigenvalue weighted by Gasteiger charge is -2.27. The molecule has 1 heterocycles. The predicted molar refractivity (Wildman–Crippen MR) is 131 cm³/mol. The SMILES string of the molecule is CN=C(NCC(=O)Nc1ccccc1)NCc1ccccc1CN1CCOCC1.I. The molecule has 2 aromatic rings. The fourth-order valence-electron chi connectivity index (χ4n) is 3.17. The van der Waals surface area contributed by atoms with Crippen molar-refractivity contribution >= 4 is 41.5 Å². The number of aliphatic imine (C=N–C) groups is 1. The Hall–Kier alpha value is -2.17. The number of carbonyl (C=O) groups excluding carboxylic acids is 1. The summed E-state index contributed by atoms with van der Waals surface area (Å²) in [5.74, 6) is 0.473. The second-order valence-corrected chi connectivity index (χ2v) is 6.85. The van der Waals surface area contributed by atoms with Crippen LogP contribution in [0.1, 0.15) is 11.1 Å². The van der Waals surface area contributed by atoms with Gasteiger partial charge >= 0.3 is 0 Å².